The Kier molecular flexibility index (Phi) is 6.08. The Morgan fingerprint density at radius 3 is 2.75 bits per heavy atom. The predicted octanol–water partition coefficient (Wildman–Crippen LogP) is 0.494. The van der Waals surface area contributed by atoms with Gasteiger partial charge in [-0.05, 0) is 18.9 Å². The quantitative estimate of drug-likeness (QED) is 0.167. The van der Waals surface area contributed by atoms with E-state index in [0.29, 0.717) is 18.7 Å². The number of rotatable bonds is 8. The van der Waals surface area contributed by atoms with E-state index >= 15 is 0 Å². The highest BCUT2D eigenvalue weighted by atomic mass is 16.6. The molecule has 1 aliphatic rings. The average Bonchev–Trinajstić information content (AvgIpc) is 2.43. The van der Waals surface area contributed by atoms with E-state index in [1.807, 2.05) is 0 Å². The summed E-state index contributed by atoms with van der Waals surface area (Å²) in [6.45, 7) is 0.597. The van der Waals surface area contributed by atoms with Gasteiger partial charge in [-0.25, -0.2) is 0 Å². The van der Waals surface area contributed by atoms with Crippen molar-refractivity contribution in [2.24, 2.45) is 5.16 Å². The molecule has 0 aromatic carbocycles. The van der Waals surface area contributed by atoms with Gasteiger partial charge in [0.1, 0.15) is 12.0 Å². The van der Waals surface area contributed by atoms with E-state index in [0.717, 1.165) is 25.5 Å². The second kappa shape index (κ2) is 7.82. The number of allylic oxidation sites excluding steroid dienone is 4. The molecule has 0 aromatic heterocycles. The zero-order chi connectivity index (χ0) is 15.0. The highest BCUT2D eigenvalue weighted by molar-refractivity contribution is 6.52. The normalized spacial score (nSPS) is 16.6. The van der Waals surface area contributed by atoms with Gasteiger partial charge in [0, 0.05) is 19.0 Å². The molecule has 0 fully saturated rings. The lowest BCUT2D eigenvalue weighted by molar-refractivity contribution is -0.414. The minimum atomic E-state index is -0.658. The van der Waals surface area contributed by atoms with Crippen LogP contribution in [-0.2, 0) is 4.79 Å². The Hall–Kier alpha value is -2.51. The number of nitrogens with one attached hydrogen (secondary N) is 2. The predicted molar refractivity (Wildman–Crippen MR) is 74.5 cm³/mol. The van der Waals surface area contributed by atoms with Crippen molar-refractivity contribution in [3.8, 4) is 0 Å². The summed E-state index contributed by atoms with van der Waals surface area (Å²) in [4.78, 5) is 20.2. The van der Waals surface area contributed by atoms with E-state index in [1.54, 1.807) is 0 Å². The standard InChI is InChI=1S/C12H16N4O4/c13-11-9(14-7-3-1-2-4-8-17)5-6-10(16(19)20)12(11)15-18/h5-6,8,13-14,18H,1-4,7H2/p+1/b13-11?,15-12-. The first-order valence-corrected chi connectivity index (χ1v) is 6.19. The van der Waals surface area contributed by atoms with Gasteiger partial charge in [-0.15, -0.1) is 0 Å². The van der Waals surface area contributed by atoms with Gasteiger partial charge in [0.15, 0.2) is 0 Å². The van der Waals surface area contributed by atoms with E-state index in [-0.39, 0.29) is 17.1 Å². The molecule has 0 unspecified atom stereocenters. The lowest BCUT2D eigenvalue weighted by atomic mass is 10.0. The number of aldehydes is 1. The molecule has 0 aromatic rings. The summed E-state index contributed by atoms with van der Waals surface area (Å²) in [6, 6.07) is 0. The first kappa shape index (κ1) is 15.5. The van der Waals surface area contributed by atoms with Crippen LogP contribution in [0.1, 0.15) is 25.7 Å². The summed E-state index contributed by atoms with van der Waals surface area (Å²) in [5.74, 6) is 0. The van der Waals surface area contributed by atoms with Gasteiger partial charge in [-0.3, -0.25) is 15.5 Å². The molecule has 0 amide bonds. The van der Waals surface area contributed by atoms with Crippen LogP contribution in [0.3, 0.4) is 0 Å². The van der Waals surface area contributed by atoms with Gasteiger partial charge in [0.2, 0.25) is 0 Å². The molecule has 108 valence electrons. The smallest absolute Gasteiger partial charge is 0.305 e. The van der Waals surface area contributed by atoms with E-state index in [9.17, 15) is 14.9 Å². The van der Waals surface area contributed by atoms with Crippen molar-refractivity contribution in [1.82, 2.24) is 5.32 Å². The average molecular weight is 281 g/mol. The van der Waals surface area contributed by atoms with Crippen molar-refractivity contribution in [2.75, 3.05) is 6.54 Å². The minimum Gasteiger partial charge on any atom is -0.468 e. The highest BCUT2D eigenvalue weighted by Gasteiger charge is 2.31. The zero-order valence-electron chi connectivity index (χ0n) is 10.9. The summed E-state index contributed by atoms with van der Waals surface area (Å²) in [6.07, 6.45) is 6.66. The van der Waals surface area contributed by atoms with Crippen molar-refractivity contribution in [3.05, 3.63) is 33.7 Å². The van der Waals surface area contributed by atoms with Crippen molar-refractivity contribution >= 4 is 17.7 Å². The molecule has 0 radical (unpaired) electrons. The van der Waals surface area contributed by atoms with E-state index < -0.39 is 4.92 Å². The molecular weight excluding hydrogens is 264 g/mol. The first-order chi connectivity index (χ1) is 9.61. The Labute approximate surface area is 115 Å². The lowest BCUT2D eigenvalue weighted by Gasteiger charge is -2.13. The number of nitrogens with zero attached hydrogens (tertiary/aromatic N) is 2. The van der Waals surface area contributed by atoms with Crippen LogP contribution in [0.5, 0.6) is 0 Å². The number of carbonyl (C=O) groups excluding carboxylic acids is 1. The fourth-order valence-electron chi connectivity index (χ4n) is 1.74. The van der Waals surface area contributed by atoms with Crippen molar-refractivity contribution in [2.45, 2.75) is 25.7 Å². The number of nitro groups is 1. The van der Waals surface area contributed by atoms with Crippen LogP contribution < -0.4 is 5.32 Å². The SMILES string of the molecule is N=C1C(NCCCCCC=O)=CC=C([N+](=O)[O-])/C1=N/[OH2+]. The van der Waals surface area contributed by atoms with Crippen LogP contribution >= 0.6 is 0 Å². The molecular formula is C12H17N4O4+. The molecule has 1 rings (SSSR count). The number of hydrogen-bond donors (Lipinski definition) is 2. The van der Waals surface area contributed by atoms with Crippen LogP contribution in [-0.4, -0.2) is 34.4 Å². The molecule has 0 spiro atoms. The molecule has 0 saturated heterocycles. The fourth-order valence-corrected chi connectivity index (χ4v) is 1.74. The summed E-state index contributed by atoms with van der Waals surface area (Å²) in [5, 5.41) is 31.5. The molecule has 0 heterocycles. The van der Waals surface area contributed by atoms with Crippen molar-refractivity contribution in [1.29, 1.82) is 5.41 Å². The van der Waals surface area contributed by atoms with Crippen molar-refractivity contribution < 1.29 is 14.9 Å². The maximum atomic E-state index is 10.7. The molecule has 0 saturated carbocycles. The molecule has 0 atom stereocenters. The lowest BCUT2D eigenvalue weighted by Crippen LogP contribution is -2.32. The Balaban J connectivity index is 2.56. The Morgan fingerprint density at radius 1 is 1.40 bits per heavy atom. The molecule has 1 aliphatic carbocycles. The molecule has 8 heteroatoms. The molecule has 8 nitrogen and oxygen atoms in total. The maximum absolute atomic E-state index is 10.7. The van der Waals surface area contributed by atoms with Crippen LogP contribution in [0.25, 0.3) is 0 Å². The van der Waals surface area contributed by atoms with Gasteiger partial charge in [-0.1, -0.05) is 6.42 Å². The summed E-state index contributed by atoms with van der Waals surface area (Å²) < 4.78 is 0. The third kappa shape index (κ3) is 4.01. The third-order valence-electron chi connectivity index (χ3n) is 2.78. The largest absolute Gasteiger partial charge is 0.468 e. The fraction of sp³-hybridized carbons (Fsp3) is 0.417. The number of unbranched alkanes of at least 4 members (excludes halogenated alkanes) is 3. The monoisotopic (exact) mass is 281 g/mol. The van der Waals surface area contributed by atoms with Gasteiger partial charge >= 0.3 is 5.70 Å². The van der Waals surface area contributed by atoms with Gasteiger partial charge < -0.3 is 15.3 Å². The topological polar surface area (TPSA) is 131 Å². The summed E-state index contributed by atoms with van der Waals surface area (Å²) in [5.41, 5.74) is -0.332. The van der Waals surface area contributed by atoms with Gasteiger partial charge in [0.25, 0.3) is 5.71 Å². The second-order valence-corrected chi connectivity index (χ2v) is 4.17. The van der Waals surface area contributed by atoms with E-state index in [4.69, 9.17) is 10.6 Å². The maximum Gasteiger partial charge on any atom is 0.305 e. The minimum absolute atomic E-state index is 0.151. The molecule has 0 bridgehead atoms. The Morgan fingerprint density at radius 2 is 2.15 bits per heavy atom. The third-order valence-corrected chi connectivity index (χ3v) is 2.78. The summed E-state index contributed by atoms with van der Waals surface area (Å²) in [7, 11) is 0. The number of carbonyl (C=O) groups is 1. The summed E-state index contributed by atoms with van der Waals surface area (Å²) >= 11 is 0. The molecule has 4 N–H and O–H groups in total. The van der Waals surface area contributed by atoms with Crippen LogP contribution in [0.15, 0.2) is 28.7 Å². The Bertz CT molecular complexity index is 494. The van der Waals surface area contributed by atoms with E-state index in [2.05, 4.69) is 10.5 Å². The second-order valence-electron chi connectivity index (χ2n) is 4.17. The van der Waals surface area contributed by atoms with Gasteiger partial charge in [0.05, 0.1) is 15.8 Å². The van der Waals surface area contributed by atoms with E-state index in [1.165, 1.54) is 12.2 Å². The van der Waals surface area contributed by atoms with Crippen LogP contribution in [0.2, 0.25) is 0 Å². The molecule has 0 aliphatic heterocycles. The first-order valence-electron chi connectivity index (χ1n) is 6.19. The highest BCUT2D eigenvalue weighted by Crippen LogP contribution is 2.12. The van der Waals surface area contributed by atoms with Gasteiger partial charge in [-0.2, -0.15) is 0 Å². The van der Waals surface area contributed by atoms with Crippen LogP contribution in [0, 0.1) is 15.5 Å². The number of hydrogen-bond acceptors (Lipinski definition) is 6. The van der Waals surface area contributed by atoms with Crippen LogP contribution in [0.4, 0.5) is 0 Å². The van der Waals surface area contributed by atoms with Crippen molar-refractivity contribution in [3.63, 3.8) is 0 Å². The zero-order valence-corrected chi connectivity index (χ0v) is 10.9. The molecule has 20 heavy (non-hydrogen) atoms.